The van der Waals surface area contributed by atoms with E-state index in [0.29, 0.717) is 10.7 Å². The van der Waals surface area contributed by atoms with Crippen molar-refractivity contribution in [3.8, 4) is 11.8 Å². The van der Waals surface area contributed by atoms with Crippen molar-refractivity contribution in [3.05, 3.63) is 52.8 Å². The Bertz CT molecular complexity index is 1140. The van der Waals surface area contributed by atoms with Gasteiger partial charge in [0.25, 0.3) is 0 Å². The summed E-state index contributed by atoms with van der Waals surface area (Å²) in [7, 11) is 0. The van der Waals surface area contributed by atoms with Crippen LogP contribution in [0.25, 0.3) is 16.5 Å². The minimum atomic E-state index is -0.716. The first-order valence-corrected chi connectivity index (χ1v) is 11.0. The lowest BCUT2D eigenvalue weighted by Crippen LogP contribution is -2.40. The summed E-state index contributed by atoms with van der Waals surface area (Å²) in [6, 6.07) is 12.8. The highest BCUT2D eigenvalue weighted by Gasteiger charge is 2.19. The number of aromatic nitrogens is 2. The molecule has 1 unspecified atom stereocenters. The van der Waals surface area contributed by atoms with Crippen molar-refractivity contribution in [2.45, 2.75) is 25.0 Å². The van der Waals surface area contributed by atoms with Crippen molar-refractivity contribution < 1.29 is 14.3 Å². The molecule has 0 fully saturated rings. The van der Waals surface area contributed by atoms with Gasteiger partial charge in [-0.3, -0.25) is 9.36 Å². The van der Waals surface area contributed by atoms with Gasteiger partial charge < -0.3 is 10.1 Å². The van der Waals surface area contributed by atoms with Crippen LogP contribution in [-0.2, 0) is 14.3 Å². The number of imidazole rings is 1. The third kappa shape index (κ3) is 4.66. The summed E-state index contributed by atoms with van der Waals surface area (Å²) in [6.45, 7) is 3.56. The number of halogens is 1. The van der Waals surface area contributed by atoms with Gasteiger partial charge in [-0.15, -0.1) is 0 Å². The molecule has 0 aliphatic rings. The zero-order valence-electron chi connectivity index (χ0n) is 16.4. The molecule has 0 aliphatic carbocycles. The van der Waals surface area contributed by atoms with Crippen LogP contribution in [0.4, 0.5) is 0 Å². The number of esters is 1. The molecule has 7 nitrogen and oxygen atoms in total. The van der Waals surface area contributed by atoms with Gasteiger partial charge in [0.1, 0.15) is 10.6 Å². The first-order valence-electron chi connectivity index (χ1n) is 9.20. The number of amides is 1. The quantitative estimate of drug-likeness (QED) is 0.402. The number of rotatable bonds is 7. The zero-order valence-corrected chi connectivity index (χ0v) is 18.8. The predicted octanol–water partition coefficient (Wildman–Crippen LogP) is 3.82. The Morgan fingerprint density at radius 3 is 2.73 bits per heavy atom. The van der Waals surface area contributed by atoms with Crippen LogP contribution in [-0.4, -0.2) is 39.8 Å². The molecule has 3 rings (SSSR count). The monoisotopic (exact) mass is 486 g/mol. The molecule has 0 aliphatic heterocycles. The molecule has 154 valence electrons. The Balaban J connectivity index is 1.84. The molecule has 0 bridgehead atoms. The minimum absolute atomic E-state index is 0.0847. The van der Waals surface area contributed by atoms with E-state index in [0.717, 1.165) is 21.1 Å². The van der Waals surface area contributed by atoms with Crippen molar-refractivity contribution >= 4 is 50.3 Å². The molecule has 3 aromatic rings. The van der Waals surface area contributed by atoms with Gasteiger partial charge in [-0.25, -0.2) is 9.78 Å². The van der Waals surface area contributed by atoms with Crippen LogP contribution in [0.15, 0.2) is 52.4 Å². The fourth-order valence-corrected chi connectivity index (χ4v) is 4.33. The lowest BCUT2D eigenvalue weighted by atomic mass is 10.0. The largest absolute Gasteiger partial charge is 0.464 e. The summed E-state index contributed by atoms with van der Waals surface area (Å²) >= 11 is 4.77. The summed E-state index contributed by atoms with van der Waals surface area (Å²) in [6.07, 6.45) is 1.66. The van der Waals surface area contributed by atoms with E-state index in [1.165, 1.54) is 11.8 Å². The number of nitrogens with zero attached hydrogens (tertiary/aromatic N) is 3. The van der Waals surface area contributed by atoms with Gasteiger partial charge in [-0.1, -0.05) is 36.0 Å². The van der Waals surface area contributed by atoms with Crippen molar-refractivity contribution in [1.29, 1.82) is 5.26 Å². The summed E-state index contributed by atoms with van der Waals surface area (Å²) in [5, 5.41) is 14.4. The van der Waals surface area contributed by atoms with Gasteiger partial charge in [-0.05, 0) is 41.9 Å². The van der Waals surface area contributed by atoms with Gasteiger partial charge >= 0.3 is 5.97 Å². The van der Waals surface area contributed by atoms with Gasteiger partial charge in [0.2, 0.25) is 5.91 Å². The molecule has 30 heavy (non-hydrogen) atoms. The van der Waals surface area contributed by atoms with Gasteiger partial charge in [-0.2, -0.15) is 5.26 Å². The normalized spacial score (nSPS) is 11.7. The number of nitrogens with one attached hydrogen (secondary N) is 1. The smallest absolute Gasteiger partial charge is 0.328 e. The molecule has 1 amide bonds. The average Bonchev–Trinajstić information content (AvgIpc) is 3.11. The maximum Gasteiger partial charge on any atom is 0.328 e. The van der Waals surface area contributed by atoms with E-state index < -0.39 is 12.0 Å². The molecule has 0 radical (unpaired) electrons. The number of fused-ring (bicyclic) bond motifs is 1. The predicted molar refractivity (Wildman–Crippen MR) is 118 cm³/mol. The van der Waals surface area contributed by atoms with Crippen LogP contribution in [0, 0.1) is 11.3 Å². The molecule has 1 atom stereocenters. The second-order valence-corrected chi connectivity index (χ2v) is 8.07. The number of nitriles is 1. The first kappa shape index (κ1) is 21.9. The molecular weight excluding hydrogens is 468 g/mol. The molecule has 0 saturated carbocycles. The topological polar surface area (TPSA) is 97.0 Å². The maximum atomic E-state index is 12.3. The standard InChI is InChI=1S/C21H19BrN4O3S/c1-3-29-20(28)13(2)25-19(27)12-30-21-24-11-18(22)26(21)17-9-8-14(10-23)15-6-4-5-7-16(15)17/h4-9,11,13H,3,12H2,1-2H3,(H,25,27). The summed E-state index contributed by atoms with van der Waals surface area (Å²) in [4.78, 5) is 28.3. The molecule has 0 saturated heterocycles. The summed E-state index contributed by atoms with van der Waals surface area (Å²) < 4.78 is 7.51. The number of ether oxygens (including phenoxy) is 1. The Labute approximate surface area is 186 Å². The van der Waals surface area contributed by atoms with Crippen LogP contribution in [0.2, 0.25) is 0 Å². The fraction of sp³-hybridized carbons (Fsp3) is 0.238. The van der Waals surface area contributed by atoms with Crippen molar-refractivity contribution in [2.24, 2.45) is 0 Å². The lowest BCUT2D eigenvalue weighted by molar-refractivity contribution is -0.146. The molecule has 0 spiro atoms. The lowest BCUT2D eigenvalue weighted by Gasteiger charge is -2.14. The van der Waals surface area contributed by atoms with Gasteiger partial charge in [0.05, 0.1) is 35.9 Å². The Morgan fingerprint density at radius 1 is 1.30 bits per heavy atom. The minimum Gasteiger partial charge on any atom is -0.464 e. The molecular formula is C21H19BrN4O3S. The number of hydrogen-bond donors (Lipinski definition) is 1. The number of carbonyl (C=O) groups excluding carboxylic acids is 2. The van der Waals surface area contributed by atoms with Crippen LogP contribution in [0.5, 0.6) is 0 Å². The van der Waals surface area contributed by atoms with Gasteiger partial charge in [0, 0.05) is 10.8 Å². The second-order valence-electron chi connectivity index (χ2n) is 6.32. The third-order valence-corrected chi connectivity index (χ3v) is 5.81. The van der Waals surface area contributed by atoms with Gasteiger partial charge in [0.15, 0.2) is 5.16 Å². The number of benzene rings is 2. The van der Waals surface area contributed by atoms with E-state index >= 15 is 0 Å². The SMILES string of the molecule is CCOC(=O)C(C)NC(=O)CSc1ncc(Br)n1-c1ccc(C#N)c2ccccc12. The maximum absolute atomic E-state index is 12.3. The van der Waals surface area contributed by atoms with E-state index in [1.54, 1.807) is 26.1 Å². The van der Waals surface area contributed by atoms with Crippen molar-refractivity contribution in [1.82, 2.24) is 14.9 Å². The second kappa shape index (κ2) is 9.78. The van der Waals surface area contributed by atoms with Crippen LogP contribution in [0.3, 0.4) is 0 Å². The summed E-state index contributed by atoms with van der Waals surface area (Å²) in [5.41, 5.74) is 1.43. The van der Waals surface area contributed by atoms with E-state index in [9.17, 15) is 14.9 Å². The first-order chi connectivity index (χ1) is 14.5. The van der Waals surface area contributed by atoms with Crippen molar-refractivity contribution in [2.75, 3.05) is 12.4 Å². The van der Waals surface area contributed by atoms with Crippen molar-refractivity contribution in [3.63, 3.8) is 0 Å². The molecule has 9 heteroatoms. The third-order valence-electron chi connectivity index (χ3n) is 4.30. The highest BCUT2D eigenvalue weighted by atomic mass is 79.9. The molecule has 2 aromatic carbocycles. The highest BCUT2D eigenvalue weighted by Crippen LogP contribution is 2.32. The summed E-state index contributed by atoms with van der Waals surface area (Å²) in [5.74, 6) is -0.679. The highest BCUT2D eigenvalue weighted by molar-refractivity contribution is 9.10. The van der Waals surface area contributed by atoms with E-state index in [1.807, 2.05) is 34.9 Å². The Hall–Kier alpha value is -2.83. The van der Waals surface area contributed by atoms with E-state index in [2.05, 4.69) is 32.3 Å². The Kier molecular flexibility index (Phi) is 7.13. The molecule has 1 N–H and O–H groups in total. The number of carbonyl (C=O) groups is 2. The van der Waals surface area contributed by atoms with Crippen LogP contribution >= 0.6 is 27.7 Å². The molecule has 1 heterocycles. The Morgan fingerprint density at radius 2 is 2.03 bits per heavy atom. The molecule has 1 aromatic heterocycles. The van der Waals surface area contributed by atoms with Crippen LogP contribution in [0.1, 0.15) is 19.4 Å². The van der Waals surface area contributed by atoms with E-state index in [-0.39, 0.29) is 18.3 Å². The zero-order chi connectivity index (χ0) is 21.7. The number of hydrogen-bond acceptors (Lipinski definition) is 6. The average molecular weight is 487 g/mol. The van der Waals surface area contributed by atoms with Crippen LogP contribution < -0.4 is 5.32 Å². The van der Waals surface area contributed by atoms with E-state index in [4.69, 9.17) is 4.74 Å². The fourth-order valence-electron chi connectivity index (χ4n) is 2.95. The number of thioether (sulfide) groups is 1.